The molecule has 0 radical (unpaired) electrons. The van der Waals surface area contributed by atoms with Crippen LogP contribution < -0.4 is 0 Å². The van der Waals surface area contributed by atoms with Crippen molar-refractivity contribution in [1.82, 2.24) is 4.57 Å². The lowest BCUT2D eigenvalue weighted by atomic mass is 10.2. The number of hydrogen-bond donors (Lipinski definition) is 0. The van der Waals surface area contributed by atoms with E-state index in [0.717, 1.165) is 10.9 Å². The fourth-order valence-electron chi connectivity index (χ4n) is 2.02. The molecule has 5 heteroatoms. The summed E-state index contributed by atoms with van der Waals surface area (Å²) < 4.78 is 38.2. The molecular weight excluding hydrogens is 253 g/mol. The highest BCUT2D eigenvalue weighted by Gasteiger charge is 2.10. The van der Waals surface area contributed by atoms with Crippen LogP contribution in [0.25, 0.3) is 10.9 Å². The highest BCUT2D eigenvalue weighted by Crippen LogP contribution is 2.17. The Morgan fingerprint density at radius 2 is 2.00 bits per heavy atom. The standard InChI is InChI=1S/C13H16FNO2S/c1-2-8-18(16,17)9-7-15-6-5-11-10-12(14)3-4-13(11)15/h3-6,10H,2,7-9H2,1H3. The zero-order valence-electron chi connectivity index (χ0n) is 10.3. The van der Waals surface area contributed by atoms with Crippen LogP contribution in [0.15, 0.2) is 30.5 Å². The first-order valence-corrected chi connectivity index (χ1v) is 7.79. The molecule has 18 heavy (non-hydrogen) atoms. The zero-order chi connectivity index (χ0) is 13.2. The number of halogens is 1. The molecular formula is C13H16FNO2S. The molecule has 0 aliphatic heterocycles. The van der Waals surface area contributed by atoms with E-state index in [1.54, 1.807) is 18.3 Å². The van der Waals surface area contributed by atoms with Crippen LogP contribution in [0.5, 0.6) is 0 Å². The summed E-state index contributed by atoms with van der Waals surface area (Å²) in [5.41, 5.74) is 0.864. The molecule has 0 fully saturated rings. The van der Waals surface area contributed by atoms with Gasteiger partial charge in [0.05, 0.1) is 5.75 Å². The van der Waals surface area contributed by atoms with Gasteiger partial charge in [-0.15, -0.1) is 0 Å². The Balaban J connectivity index is 2.18. The third kappa shape index (κ3) is 2.90. The second-order valence-electron chi connectivity index (χ2n) is 4.36. The number of nitrogens with zero attached hydrogens (tertiary/aromatic N) is 1. The largest absolute Gasteiger partial charge is 0.346 e. The van der Waals surface area contributed by atoms with Crippen molar-refractivity contribution in [2.75, 3.05) is 11.5 Å². The van der Waals surface area contributed by atoms with Gasteiger partial charge in [0.2, 0.25) is 0 Å². The Kier molecular flexibility index (Phi) is 3.71. The lowest BCUT2D eigenvalue weighted by molar-refractivity contribution is 0.588. The maximum atomic E-state index is 13.0. The predicted molar refractivity (Wildman–Crippen MR) is 70.8 cm³/mol. The minimum Gasteiger partial charge on any atom is -0.346 e. The second kappa shape index (κ2) is 5.10. The molecule has 1 heterocycles. The maximum absolute atomic E-state index is 13.0. The lowest BCUT2D eigenvalue weighted by Gasteiger charge is -2.06. The summed E-state index contributed by atoms with van der Waals surface area (Å²) in [6.07, 6.45) is 2.44. The van der Waals surface area contributed by atoms with Crippen LogP contribution in [-0.4, -0.2) is 24.5 Å². The van der Waals surface area contributed by atoms with Gasteiger partial charge in [0, 0.05) is 29.4 Å². The minimum absolute atomic E-state index is 0.127. The number of rotatable bonds is 5. The van der Waals surface area contributed by atoms with E-state index < -0.39 is 9.84 Å². The molecule has 0 aliphatic rings. The van der Waals surface area contributed by atoms with E-state index in [1.807, 2.05) is 11.5 Å². The minimum atomic E-state index is -2.98. The third-order valence-corrected chi connectivity index (χ3v) is 4.73. The van der Waals surface area contributed by atoms with Gasteiger partial charge in [-0.1, -0.05) is 6.92 Å². The number of aromatic nitrogens is 1. The predicted octanol–water partition coefficient (Wildman–Crippen LogP) is 2.61. The first-order valence-electron chi connectivity index (χ1n) is 5.96. The number of benzene rings is 1. The van der Waals surface area contributed by atoms with E-state index in [4.69, 9.17) is 0 Å². The average molecular weight is 269 g/mol. The van der Waals surface area contributed by atoms with Gasteiger partial charge >= 0.3 is 0 Å². The van der Waals surface area contributed by atoms with Gasteiger partial charge in [-0.05, 0) is 30.7 Å². The van der Waals surface area contributed by atoms with E-state index in [-0.39, 0.29) is 17.3 Å². The van der Waals surface area contributed by atoms with Crippen molar-refractivity contribution < 1.29 is 12.8 Å². The molecule has 2 aromatic rings. The highest BCUT2D eigenvalue weighted by atomic mass is 32.2. The second-order valence-corrected chi connectivity index (χ2v) is 6.67. The molecule has 0 atom stereocenters. The molecule has 98 valence electrons. The molecule has 3 nitrogen and oxygen atoms in total. The molecule has 0 bridgehead atoms. The summed E-state index contributed by atoms with van der Waals surface area (Å²) >= 11 is 0. The van der Waals surface area contributed by atoms with Gasteiger partial charge < -0.3 is 4.57 Å². The van der Waals surface area contributed by atoms with Crippen LogP contribution in [0.3, 0.4) is 0 Å². The molecule has 1 aromatic carbocycles. The average Bonchev–Trinajstić information content (AvgIpc) is 2.68. The van der Waals surface area contributed by atoms with Crippen LogP contribution in [0.2, 0.25) is 0 Å². The van der Waals surface area contributed by atoms with Crippen molar-refractivity contribution in [3.05, 3.63) is 36.3 Å². The van der Waals surface area contributed by atoms with Crippen molar-refractivity contribution in [2.24, 2.45) is 0 Å². The number of fused-ring (bicyclic) bond motifs is 1. The summed E-state index contributed by atoms with van der Waals surface area (Å²) in [7, 11) is -2.98. The Morgan fingerprint density at radius 1 is 1.22 bits per heavy atom. The van der Waals surface area contributed by atoms with E-state index in [1.165, 1.54) is 12.1 Å². The van der Waals surface area contributed by atoms with Crippen LogP contribution in [0, 0.1) is 5.82 Å². The van der Waals surface area contributed by atoms with Crippen LogP contribution in [-0.2, 0) is 16.4 Å². The summed E-state index contributed by atoms with van der Waals surface area (Å²) in [6.45, 7) is 2.27. The summed E-state index contributed by atoms with van der Waals surface area (Å²) in [5, 5.41) is 0.794. The number of sulfone groups is 1. The molecule has 1 aromatic heterocycles. The van der Waals surface area contributed by atoms with E-state index in [0.29, 0.717) is 13.0 Å². The van der Waals surface area contributed by atoms with Gasteiger partial charge in [0.15, 0.2) is 9.84 Å². The fraction of sp³-hybridized carbons (Fsp3) is 0.385. The third-order valence-electron chi connectivity index (χ3n) is 2.89. The van der Waals surface area contributed by atoms with Crippen LogP contribution >= 0.6 is 0 Å². The number of hydrogen-bond acceptors (Lipinski definition) is 2. The smallest absolute Gasteiger partial charge is 0.152 e. The van der Waals surface area contributed by atoms with Crippen LogP contribution in [0.4, 0.5) is 4.39 Å². The van der Waals surface area contributed by atoms with Crippen molar-refractivity contribution in [1.29, 1.82) is 0 Å². The monoisotopic (exact) mass is 269 g/mol. The van der Waals surface area contributed by atoms with Crippen molar-refractivity contribution >= 4 is 20.7 Å². The van der Waals surface area contributed by atoms with Gasteiger partial charge in [-0.25, -0.2) is 12.8 Å². The zero-order valence-corrected chi connectivity index (χ0v) is 11.1. The number of aryl methyl sites for hydroxylation is 1. The van der Waals surface area contributed by atoms with Gasteiger partial charge in [-0.3, -0.25) is 0 Å². The van der Waals surface area contributed by atoms with Crippen LogP contribution in [0.1, 0.15) is 13.3 Å². The SMILES string of the molecule is CCCS(=O)(=O)CCn1ccc2cc(F)ccc21. The Hall–Kier alpha value is -1.36. The lowest BCUT2D eigenvalue weighted by Crippen LogP contribution is -2.15. The summed E-state index contributed by atoms with van der Waals surface area (Å²) in [5.74, 6) is 0.0712. The Morgan fingerprint density at radius 3 is 2.72 bits per heavy atom. The van der Waals surface area contributed by atoms with Gasteiger partial charge in [-0.2, -0.15) is 0 Å². The summed E-state index contributed by atoms with van der Waals surface area (Å²) in [6, 6.07) is 6.31. The Bertz CT molecular complexity index is 646. The topological polar surface area (TPSA) is 39.1 Å². The van der Waals surface area contributed by atoms with E-state index in [2.05, 4.69) is 0 Å². The molecule has 2 rings (SSSR count). The highest BCUT2D eigenvalue weighted by molar-refractivity contribution is 7.91. The first kappa shape index (κ1) is 13.1. The normalized spacial score (nSPS) is 12.1. The quantitative estimate of drug-likeness (QED) is 0.837. The molecule has 0 spiro atoms. The molecule has 0 aliphatic carbocycles. The molecule has 0 amide bonds. The molecule has 0 saturated carbocycles. The van der Waals surface area contributed by atoms with Crippen molar-refractivity contribution in [3.8, 4) is 0 Å². The summed E-state index contributed by atoms with van der Waals surface area (Å²) in [4.78, 5) is 0. The van der Waals surface area contributed by atoms with Gasteiger partial charge in [0.1, 0.15) is 5.82 Å². The van der Waals surface area contributed by atoms with Crippen molar-refractivity contribution in [2.45, 2.75) is 19.9 Å². The maximum Gasteiger partial charge on any atom is 0.152 e. The fourth-order valence-corrected chi connectivity index (χ4v) is 3.32. The van der Waals surface area contributed by atoms with Gasteiger partial charge in [0.25, 0.3) is 0 Å². The van der Waals surface area contributed by atoms with E-state index >= 15 is 0 Å². The molecule has 0 unspecified atom stereocenters. The first-order chi connectivity index (χ1) is 8.52. The Labute approximate surface area is 106 Å². The van der Waals surface area contributed by atoms with E-state index in [9.17, 15) is 12.8 Å². The van der Waals surface area contributed by atoms with Crippen molar-refractivity contribution in [3.63, 3.8) is 0 Å². The molecule has 0 N–H and O–H groups in total. The molecule has 0 saturated heterocycles.